The molecule has 1 saturated heterocycles. The summed E-state index contributed by atoms with van der Waals surface area (Å²) in [4.78, 5) is 17.6. The van der Waals surface area contributed by atoms with Crippen LogP contribution in [0.4, 0.5) is 4.39 Å². The van der Waals surface area contributed by atoms with Gasteiger partial charge in [0, 0.05) is 51.3 Å². The first-order chi connectivity index (χ1) is 11.6. The van der Waals surface area contributed by atoms with Crippen LogP contribution in [0.2, 0.25) is 0 Å². The monoisotopic (exact) mass is 482 g/mol. The number of halogens is 4. The van der Waals surface area contributed by atoms with Gasteiger partial charge in [-0.05, 0) is 34.1 Å². The predicted molar refractivity (Wildman–Crippen MR) is 114 cm³/mol. The van der Waals surface area contributed by atoms with Gasteiger partial charge < -0.3 is 4.90 Å². The van der Waals surface area contributed by atoms with Crippen LogP contribution in [-0.2, 0) is 6.54 Å². The molecule has 26 heavy (non-hydrogen) atoms. The number of thiophene rings is 1. The van der Waals surface area contributed by atoms with Gasteiger partial charge in [-0.15, -0.1) is 36.2 Å². The van der Waals surface area contributed by atoms with Gasteiger partial charge in [-0.1, -0.05) is 18.2 Å². The fraction of sp³-hybridized carbons (Fsp3) is 0.389. The third kappa shape index (κ3) is 6.59. The topological polar surface area (TPSA) is 23.6 Å². The maximum absolute atomic E-state index is 13.7. The van der Waals surface area contributed by atoms with Crippen molar-refractivity contribution >= 4 is 57.9 Å². The predicted octanol–water partition coefficient (Wildman–Crippen LogP) is 4.88. The molecule has 2 aromatic rings. The lowest BCUT2D eigenvalue weighted by atomic mass is 10.1. The summed E-state index contributed by atoms with van der Waals surface area (Å²) in [6.45, 7) is 5.12. The summed E-state index contributed by atoms with van der Waals surface area (Å²) >= 11 is 4.88. The van der Waals surface area contributed by atoms with Gasteiger partial charge >= 0.3 is 0 Å². The number of Topliss-reactive ketones (excluding diaryl/α,β-unsaturated/α-hetero) is 1. The Labute approximate surface area is 178 Å². The van der Waals surface area contributed by atoms with Crippen molar-refractivity contribution in [2.45, 2.75) is 13.0 Å². The van der Waals surface area contributed by atoms with Crippen molar-refractivity contribution in [2.24, 2.45) is 0 Å². The lowest BCUT2D eigenvalue weighted by Crippen LogP contribution is -2.46. The van der Waals surface area contributed by atoms with Crippen molar-refractivity contribution in [3.63, 3.8) is 0 Å². The van der Waals surface area contributed by atoms with Crippen LogP contribution < -0.4 is 0 Å². The fourth-order valence-electron chi connectivity index (χ4n) is 2.89. The minimum absolute atomic E-state index is 0. The molecule has 0 unspecified atom stereocenters. The Morgan fingerprint density at radius 2 is 1.69 bits per heavy atom. The lowest BCUT2D eigenvalue weighted by molar-refractivity contribution is 0.0925. The van der Waals surface area contributed by atoms with Crippen molar-refractivity contribution in [3.05, 3.63) is 56.4 Å². The van der Waals surface area contributed by atoms with Gasteiger partial charge in [0.25, 0.3) is 0 Å². The average Bonchev–Trinajstić information content (AvgIpc) is 3.03. The third-order valence-corrected chi connectivity index (χ3v) is 5.98. The molecule has 3 rings (SSSR count). The molecule has 144 valence electrons. The van der Waals surface area contributed by atoms with Crippen LogP contribution in [0.15, 0.2) is 40.2 Å². The number of rotatable bonds is 6. The Hall–Kier alpha value is -0.500. The standard InChI is InChI=1S/C18H20BrFN2OS.2ClH/c19-18-6-5-17(24-18)16(23)7-8-21-9-11-22(12-10-21)13-14-3-1-2-4-15(14)20;;/h1-6H,7-13H2;2*1H. The number of ketones is 1. The van der Waals surface area contributed by atoms with Crippen molar-refractivity contribution in [3.8, 4) is 0 Å². The van der Waals surface area contributed by atoms with E-state index >= 15 is 0 Å². The zero-order valence-electron chi connectivity index (χ0n) is 14.2. The summed E-state index contributed by atoms with van der Waals surface area (Å²) in [5.41, 5.74) is 0.754. The van der Waals surface area contributed by atoms with Gasteiger partial charge in [-0.3, -0.25) is 9.69 Å². The van der Waals surface area contributed by atoms with E-state index in [2.05, 4.69) is 25.7 Å². The highest BCUT2D eigenvalue weighted by Crippen LogP contribution is 2.23. The summed E-state index contributed by atoms with van der Waals surface area (Å²) in [6.07, 6.45) is 0.556. The quantitative estimate of drug-likeness (QED) is 0.547. The van der Waals surface area contributed by atoms with Crippen molar-refractivity contribution < 1.29 is 9.18 Å². The summed E-state index contributed by atoms with van der Waals surface area (Å²) in [5.74, 6) is 0.0760. The van der Waals surface area contributed by atoms with Gasteiger partial charge in [0.1, 0.15) is 5.82 Å². The summed E-state index contributed by atoms with van der Waals surface area (Å²) < 4.78 is 14.7. The second kappa shape index (κ2) is 11.4. The van der Waals surface area contributed by atoms with E-state index in [1.165, 1.54) is 17.4 Å². The van der Waals surface area contributed by atoms with Crippen LogP contribution in [0.25, 0.3) is 0 Å². The summed E-state index contributed by atoms with van der Waals surface area (Å²) in [7, 11) is 0. The Morgan fingerprint density at radius 1 is 1.04 bits per heavy atom. The van der Waals surface area contributed by atoms with E-state index in [1.54, 1.807) is 6.07 Å². The SMILES string of the molecule is Cl.Cl.O=C(CCN1CCN(Cc2ccccc2F)CC1)c1ccc(Br)s1. The Bertz CT molecular complexity index is 708. The molecule has 0 N–H and O–H groups in total. The van der Waals surface area contributed by atoms with E-state index in [1.807, 2.05) is 24.3 Å². The number of benzene rings is 1. The molecule has 0 radical (unpaired) electrons. The van der Waals surface area contributed by atoms with E-state index in [0.717, 1.165) is 47.0 Å². The minimum atomic E-state index is -0.132. The van der Waals surface area contributed by atoms with Crippen molar-refractivity contribution in [1.82, 2.24) is 9.80 Å². The molecule has 0 amide bonds. The van der Waals surface area contributed by atoms with Crippen molar-refractivity contribution in [2.75, 3.05) is 32.7 Å². The summed E-state index contributed by atoms with van der Waals surface area (Å²) in [5, 5.41) is 0. The zero-order chi connectivity index (χ0) is 16.9. The Morgan fingerprint density at radius 3 is 2.31 bits per heavy atom. The molecule has 1 fully saturated rings. The van der Waals surface area contributed by atoms with Gasteiger partial charge in [0.2, 0.25) is 0 Å². The molecule has 1 aromatic heterocycles. The lowest BCUT2D eigenvalue weighted by Gasteiger charge is -2.34. The smallest absolute Gasteiger partial charge is 0.174 e. The molecular formula is C18H22BrCl2FN2OS. The molecule has 3 nitrogen and oxygen atoms in total. The molecule has 0 atom stereocenters. The fourth-order valence-corrected chi connectivity index (χ4v) is 4.24. The average molecular weight is 484 g/mol. The normalized spacial score (nSPS) is 15.2. The highest BCUT2D eigenvalue weighted by molar-refractivity contribution is 9.11. The molecule has 1 aliphatic rings. The maximum Gasteiger partial charge on any atom is 0.174 e. The molecule has 0 spiro atoms. The first-order valence-electron chi connectivity index (χ1n) is 8.08. The van der Waals surface area contributed by atoms with Gasteiger partial charge in [0.15, 0.2) is 5.78 Å². The number of carbonyl (C=O) groups is 1. The number of nitrogens with zero attached hydrogens (tertiary/aromatic N) is 2. The van der Waals surface area contributed by atoms with Crippen LogP contribution in [0.5, 0.6) is 0 Å². The second-order valence-corrected chi connectivity index (χ2v) is 8.45. The minimum Gasteiger partial charge on any atom is -0.300 e. The number of piperazine rings is 1. The highest BCUT2D eigenvalue weighted by atomic mass is 79.9. The van der Waals surface area contributed by atoms with Crippen LogP contribution in [-0.4, -0.2) is 48.3 Å². The Balaban J connectivity index is 0.00000169. The van der Waals surface area contributed by atoms with E-state index in [0.29, 0.717) is 13.0 Å². The molecule has 0 saturated carbocycles. The van der Waals surface area contributed by atoms with Gasteiger partial charge in [0.05, 0.1) is 8.66 Å². The zero-order valence-corrected chi connectivity index (χ0v) is 18.2. The molecule has 0 aliphatic carbocycles. The first-order valence-corrected chi connectivity index (χ1v) is 9.69. The highest BCUT2D eigenvalue weighted by Gasteiger charge is 2.19. The molecular weight excluding hydrogens is 462 g/mol. The number of carbonyl (C=O) groups excluding carboxylic acids is 1. The Kier molecular flexibility index (Phi) is 10.3. The van der Waals surface area contributed by atoms with Crippen LogP contribution in [0, 0.1) is 5.82 Å². The molecule has 1 aromatic carbocycles. The maximum atomic E-state index is 13.7. The number of hydrogen-bond donors (Lipinski definition) is 0. The molecule has 8 heteroatoms. The van der Waals surface area contributed by atoms with Crippen molar-refractivity contribution in [1.29, 1.82) is 0 Å². The van der Waals surface area contributed by atoms with Crippen LogP contribution in [0.3, 0.4) is 0 Å². The molecule has 0 bridgehead atoms. The molecule has 1 aliphatic heterocycles. The third-order valence-electron chi connectivity index (χ3n) is 4.32. The summed E-state index contributed by atoms with van der Waals surface area (Å²) in [6, 6.07) is 10.8. The van der Waals surface area contributed by atoms with E-state index in [4.69, 9.17) is 0 Å². The van der Waals surface area contributed by atoms with E-state index in [9.17, 15) is 9.18 Å². The van der Waals surface area contributed by atoms with E-state index < -0.39 is 0 Å². The number of hydrogen-bond acceptors (Lipinski definition) is 4. The first kappa shape index (κ1) is 23.5. The largest absolute Gasteiger partial charge is 0.300 e. The van der Waals surface area contributed by atoms with Crippen LogP contribution in [0.1, 0.15) is 21.7 Å². The van der Waals surface area contributed by atoms with Crippen LogP contribution >= 0.6 is 52.1 Å². The molecule has 2 heterocycles. The van der Waals surface area contributed by atoms with Gasteiger partial charge in [-0.2, -0.15) is 0 Å². The van der Waals surface area contributed by atoms with E-state index in [-0.39, 0.29) is 36.4 Å². The van der Waals surface area contributed by atoms with Gasteiger partial charge in [-0.25, -0.2) is 4.39 Å². The second-order valence-electron chi connectivity index (χ2n) is 5.99.